The Morgan fingerprint density at radius 1 is 1.22 bits per heavy atom. The van der Waals surface area contributed by atoms with Gasteiger partial charge in [-0.25, -0.2) is 0 Å². The SMILES string of the molecule is O=C(NCCCc1nnc(-c2ccc3c(c2)OCO3)o1)C1CC1. The topological polar surface area (TPSA) is 86.5 Å². The number of hydrogen-bond donors (Lipinski definition) is 1. The number of nitrogens with one attached hydrogen (secondary N) is 1. The molecule has 7 heteroatoms. The summed E-state index contributed by atoms with van der Waals surface area (Å²) >= 11 is 0. The molecule has 0 saturated heterocycles. The number of aryl methyl sites for hydroxylation is 1. The zero-order chi connectivity index (χ0) is 15.6. The highest BCUT2D eigenvalue weighted by molar-refractivity contribution is 5.80. The van der Waals surface area contributed by atoms with E-state index in [1.807, 2.05) is 18.2 Å². The fourth-order valence-electron chi connectivity index (χ4n) is 2.44. The number of hydrogen-bond acceptors (Lipinski definition) is 6. The molecule has 2 aromatic rings. The fraction of sp³-hybridized carbons (Fsp3) is 0.438. The molecular weight excluding hydrogens is 298 g/mol. The lowest BCUT2D eigenvalue weighted by atomic mass is 10.2. The van der Waals surface area contributed by atoms with Gasteiger partial charge in [0, 0.05) is 24.4 Å². The van der Waals surface area contributed by atoms with Crippen molar-refractivity contribution in [1.29, 1.82) is 0 Å². The lowest BCUT2D eigenvalue weighted by Gasteiger charge is -2.01. The molecule has 1 aliphatic heterocycles. The summed E-state index contributed by atoms with van der Waals surface area (Å²) in [5.41, 5.74) is 0.801. The van der Waals surface area contributed by atoms with E-state index in [1.54, 1.807) is 0 Å². The van der Waals surface area contributed by atoms with Gasteiger partial charge in [0.25, 0.3) is 0 Å². The normalized spacial score (nSPS) is 15.7. The molecule has 1 amide bonds. The second-order valence-electron chi connectivity index (χ2n) is 5.74. The monoisotopic (exact) mass is 315 g/mol. The van der Waals surface area contributed by atoms with Crippen molar-refractivity contribution in [2.75, 3.05) is 13.3 Å². The molecule has 4 rings (SSSR count). The maximum absolute atomic E-state index is 11.5. The molecule has 1 fully saturated rings. The first kappa shape index (κ1) is 14.0. The highest BCUT2D eigenvalue weighted by Crippen LogP contribution is 2.35. The van der Waals surface area contributed by atoms with E-state index in [2.05, 4.69) is 15.5 Å². The van der Waals surface area contributed by atoms with Crippen molar-refractivity contribution in [3.63, 3.8) is 0 Å². The van der Waals surface area contributed by atoms with Crippen LogP contribution in [0.5, 0.6) is 11.5 Å². The quantitative estimate of drug-likeness (QED) is 0.820. The van der Waals surface area contributed by atoms with Gasteiger partial charge in [-0.15, -0.1) is 10.2 Å². The molecule has 1 aromatic carbocycles. The molecule has 2 heterocycles. The largest absolute Gasteiger partial charge is 0.454 e. The summed E-state index contributed by atoms with van der Waals surface area (Å²) in [6.07, 6.45) is 3.46. The standard InChI is InChI=1S/C16H17N3O4/c20-15(10-3-4-10)17-7-1-2-14-18-19-16(23-14)11-5-6-12-13(8-11)22-9-21-12/h5-6,8,10H,1-4,7,9H2,(H,17,20). The molecule has 0 unspecified atom stereocenters. The molecular formula is C16H17N3O4. The molecule has 7 nitrogen and oxygen atoms in total. The van der Waals surface area contributed by atoms with Gasteiger partial charge in [0.05, 0.1) is 0 Å². The van der Waals surface area contributed by atoms with Gasteiger partial charge in [-0.2, -0.15) is 0 Å². The molecule has 2 aliphatic rings. The Bertz CT molecular complexity index is 724. The maximum Gasteiger partial charge on any atom is 0.247 e. The first-order chi connectivity index (χ1) is 11.3. The molecule has 1 aromatic heterocycles. The van der Waals surface area contributed by atoms with Crippen molar-refractivity contribution >= 4 is 5.91 Å². The minimum Gasteiger partial charge on any atom is -0.454 e. The summed E-state index contributed by atoms with van der Waals surface area (Å²) in [4.78, 5) is 11.5. The predicted octanol–water partition coefficient (Wildman–Crippen LogP) is 1.92. The van der Waals surface area contributed by atoms with Crippen molar-refractivity contribution in [2.45, 2.75) is 25.7 Å². The Morgan fingerprint density at radius 2 is 2.09 bits per heavy atom. The van der Waals surface area contributed by atoms with Crippen molar-refractivity contribution in [3.8, 4) is 23.0 Å². The lowest BCUT2D eigenvalue weighted by Crippen LogP contribution is -2.26. The Kier molecular flexibility index (Phi) is 3.61. The average molecular weight is 315 g/mol. The Hall–Kier alpha value is -2.57. The number of rotatable bonds is 6. The minimum atomic E-state index is 0.163. The second kappa shape index (κ2) is 5.91. The Labute approximate surface area is 133 Å². The first-order valence-corrected chi connectivity index (χ1v) is 7.80. The third kappa shape index (κ3) is 3.13. The van der Waals surface area contributed by atoms with Crippen LogP contribution in [0.25, 0.3) is 11.5 Å². The first-order valence-electron chi connectivity index (χ1n) is 7.80. The summed E-state index contributed by atoms with van der Waals surface area (Å²) in [5.74, 6) is 2.84. The number of amides is 1. The van der Waals surface area contributed by atoms with Gasteiger partial charge in [0.1, 0.15) is 0 Å². The summed E-state index contributed by atoms with van der Waals surface area (Å²) in [6.45, 7) is 0.873. The Morgan fingerprint density at radius 3 is 2.96 bits per heavy atom. The number of benzene rings is 1. The van der Waals surface area contributed by atoms with Crippen molar-refractivity contribution in [2.24, 2.45) is 5.92 Å². The number of ether oxygens (including phenoxy) is 2. The highest BCUT2D eigenvalue weighted by Gasteiger charge is 2.29. The van der Waals surface area contributed by atoms with Crippen LogP contribution in [0.1, 0.15) is 25.2 Å². The zero-order valence-electron chi connectivity index (χ0n) is 12.6. The van der Waals surface area contributed by atoms with E-state index >= 15 is 0 Å². The summed E-state index contributed by atoms with van der Waals surface area (Å²) in [5, 5.41) is 11.0. The van der Waals surface area contributed by atoms with Crippen LogP contribution >= 0.6 is 0 Å². The van der Waals surface area contributed by atoms with Crippen molar-refractivity contribution in [3.05, 3.63) is 24.1 Å². The van der Waals surface area contributed by atoms with E-state index in [0.29, 0.717) is 30.5 Å². The zero-order valence-corrected chi connectivity index (χ0v) is 12.6. The van der Waals surface area contributed by atoms with Gasteiger partial charge >= 0.3 is 0 Å². The van der Waals surface area contributed by atoms with Gasteiger partial charge < -0.3 is 19.2 Å². The van der Waals surface area contributed by atoms with E-state index in [4.69, 9.17) is 13.9 Å². The number of nitrogens with zero attached hydrogens (tertiary/aromatic N) is 2. The van der Waals surface area contributed by atoms with E-state index in [-0.39, 0.29) is 18.6 Å². The molecule has 23 heavy (non-hydrogen) atoms. The van der Waals surface area contributed by atoms with Gasteiger partial charge in [-0.3, -0.25) is 4.79 Å². The van der Waals surface area contributed by atoms with E-state index < -0.39 is 0 Å². The fourth-order valence-corrected chi connectivity index (χ4v) is 2.44. The van der Waals surface area contributed by atoms with Crippen LogP contribution in [0.4, 0.5) is 0 Å². The molecule has 0 bridgehead atoms. The van der Waals surface area contributed by atoms with E-state index in [0.717, 1.165) is 30.6 Å². The molecule has 1 N–H and O–H groups in total. The summed E-state index contributed by atoms with van der Waals surface area (Å²) < 4.78 is 16.3. The van der Waals surface area contributed by atoms with Gasteiger partial charge in [0.15, 0.2) is 11.5 Å². The van der Waals surface area contributed by atoms with Crippen LogP contribution in [0.2, 0.25) is 0 Å². The number of aromatic nitrogens is 2. The molecule has 1 aliphatic carbocycles. The van der Waals surface area contributed by atoms with E-state index in [9.17, 15) is 4.79 Å². The molecule has 120 valence electrons. The van der Waals surface area contributed by atoms with Crippen LogP contribution < -0.4 is 14.8 Å². The van der Waals surface area contributed by atoms with Gasteiger partial charge in [-0.1, -0.05) is 0 Å². The van der Waals surface area contributed by atoms with Crippen LogP contribution in [-0.4, -0.2) is 29.4 Å². The molecule has 0 radical (unpaired) electrons. The van der Waals surface area contributed by atoms with Crippen LogP contribution in [0.15, 0.2) is 22.6 Å². The lowest BCUT2D eigenvalue weighted by molar-refractivity contribution is -0.122. The minimum absolute atomic E-state index is 0.163. The van der Waals surface area contributed by atoms with Crippen molar-refractivity contribution in [1.82, 2.24) is 15.5 Å². The third-order valence-electron chi connectivity index (χ3n) is 3.90. The number of fused-ring (bicyclic) bond motifs is 1. The van der Waals surface area contributed by atoms with Crippen LogP contribution in [0, 0.1) is 5.92 Å². The third-order valence-corrected chi connectivity index (χ3v) is 3.90. The van der Waals surface area contributed by atoms with Crippen LogP contribution in [0.3, 0.4) is 0 Å². The van der Waals surface area contributed by atoms with Gasteiger partial charge in [-0.05, 0) is 37.5 Å². The number of carbonyl (C=O) groups is 1. The van der Waals surface area contributed by atoms with Gasteiger partial charge in [0.2, 0.25) is 24.5 Å². The summed E-state index contributed by atoms with van der Waals surface area (Å²) in [7, 11) is 0. The maximum atomic E-state index is 11.5. The van der Waals surface area contributed by atoms with Crippen LogP contribution in [-0.2, 0) is 11.2 Å². The number of carbonyl (C=O) groups excluding carboxylic acids is 1. The molecule has 0 atom stereocenters. The predicted molar refractivity (Wildman–Crippen MR) is 79.9 cm³/mol. The van der Waals surface area contributed by atoms with Crippen molar-refractivity contribution < 1.29 is 18.7 Å². The molecule has 1 saturated carbocycles. The second-order valence-corrected chi connectivity index (χ2v) is 5.74. The molecule has 0 spiro atoms. The Balaban J connectivity index is 1.32. The average Bonchev–Trinajstić information content (AvgIpc) is 3.13. The highest BCUT2D eigenvalue weighted by atomic mass is 16.7. The smallest absolute Gasteiger partial charge is 0.247 e. The summed E-state index contributed by atoms with van der Waals surface area (Å²) in [6, 6.07) is 5.52. The van der Waals surface area contributed by atoms with E-state index in [1.165, 1.54) is 0 Å².